The molecular formula is C15H11F3N4O3S. The fourth-order valence-electron chi connectivity index (χ4n) is 2.62. The SMILES string of the molecule is Cc1nc(-c2c(C(F)(F)F)oc3cc(C)c(N=O)c(O)c3/c2=N/N)cs1. The highest BCUT2D eigenvalue weighted by Gasteiger charge is 2.40. The third-order valence-electron chi connectivity index (χ3n) is 3.69. The molecule has 3 aromatic rings. The molecule has 0 unspecified atom stereocenters. The first kappa shape index (κ1) is 17.9. The molecule has 1 aromatic carbocycles. The van der Waals surface area contributed by atoms with Crippen LogP contribution in [0.4, 0.5) is 18.9 Å². The van der Waals surface area contributed by atoms with Gasteiger partial charge < -0.3 is 15.4 Å². The molecule has 11 heteroatoms. The molecule has 0 fully saturated rings. The Labute approximate surface area is 147 Å². The van der Waals surface area contributed by atoms with E-state index < -0.39 is 28.6 Å². The number of aromatic hydroxyl groups is 1. The second-order valence-electron chi connectivity index (χ2n) is 5.39. The second kappa shape index (κ2) is 6.09. The number of thiazole rings is 1. The first-order valence-corrected chi connectivity index (χ1v) is 7.97. The zero-order chi connectivity index (χ0) is 19.2. The van der Waals surface area contributed by atoms with Gasteiger partial charge in [0.1, 0.15) is 10.9 Å². The maximum absolute atomic E-state index is 13.6. The van der Waals surface area contributed by atoms with E-state index in [2.05, 4.69) is 15.3 Å². The largest absolute Gasteiger partial charge is 0.505 e. The lowest BCUT2D eigenvalue weighted by atomic mass is 10.0. The quantitative estimate of drug-likeness (QED) is 0.393. The maximum Gasteiger partial charge on any atom is 0.450 e. The minimum atomic E-state index is -4.87. The number of alkyl halides is 3. The first-order valence-electron chi connectivity index (χ1n) is 7.09. The summed E-state index contributed by atoms with van der Waals surface area (Å²) in [5, 5.41) is 17.7. The fraction of sp³-hybridized carbons (Fsp3) is 0.200. The van der Waals surface area contributed by atoms with Gasteiger partial charge in [-0.1, -0.05) is 0 Å². The third kappa shape index (κ3) is 2.69. The molecule has 0 aliphatic heterocycles. The van der Waals surface area contributed by atoms with Gasteiger partial charge in [0.25, 0.3) is 0 Å². The summed E-state index contributed by atoms with van der Waals surface area (Å²) in [7, 11) is 0. The minimum absolute atomic E-state index is 0.0599. The van der Waals surface area contributed by atoms with Crippen LogP contribution in [0.2, 0.25) is 0 Å². The van der Waals surface area contributed by atoms with Gasteiger partial charge >= 0.3 is 6.18 Å². The maximum atomic E-state index is 13.6. The molecule has 2 heterocycles. The Hall–Kier alpha value is -2.95. The van der Waals surface area contributed by atoms with Crippen molar-refractivity contribution in [3.05, 3.63) is 38.0 Å². The highest BCUT2D eigenvalue weighted by atomic mass is 32.1. The average Bonchev–Trinajstić information content (AvgIpc) is 2.98. The normalized spacial score (nSPS) is 12.7. The Morgan fingerprint density at radius 1 is 1.35 bits per heavy atom. The lowest BCUT2D eigenvalue weighted by Gasteiger charge is -2.14. The van der Waals surface area contributed by atoms with Crippen molar-refractivity contribution in [3.63, 3.8) is 0 Å². The summed E-state index contributed by atoms with van der Waals surface area (Å²) >= 11 is 1.12. The van der Waals surface area contributed by atoms with Crippen LogP contribution < -0.4 is 11.2 Å². The Kier molecular flexibility index (Phi) is 4.18. The molecular weight excluding hydrogens is 373 g/mol. The Morgan fingerprint density at radius 3 is 2.54 bits per heavy atom. The number of nitroso groups, excluding NO2 is 1. The molecule has 7 nitrogen and oxygen atoms in total. The lowest BCUT2D eigenvalue weighted by molar-refractivity contribution is -0.152. The van der Waals surface area contributed by atoms with Crippen LogP contribution in [-0.4, -0.2) is 10.1 Å². The smallest absolute Gasteiger partial charge is 0.450 e. The number of aromatic nitrogens is 1. The summed E-state index contributed by atoms with van der Waals surface area (Å²) in [6.45, 7) is 3.02. The number of nitrogens with two attached hydrogens (primary N) is 1. The van der Waals surface area contributed by atoms with E-state index in [4.69, 9.17) is 10.3 Å². The summed E-state index contributed by atoms with van der Waals surface area (Å²) in [4.78, 5) is 15.0. The van der Waals surface area contributed by atoms with E-state index in [9.17, 15) is 23.2 Å². The number of phenolic OH excluding ortho intramolecular Hbond substituents is 1. The van der Waals surface area contributed by atoms with E-state index in [0.717, 1.165) is 17.4 Å². The highest BCUT2D eigenvalue weighted by Crippen LogP contribution is 2.42. The summed E-state index contributed by atoms with van der Waals surface area (Å²) in [5.41, 5.74) is -1.11. The van der Waals surface area contributed by atoms with Crippen molar-refractivity contribution >= 4 is 28.0 Å². The van der Waals surface area contributed by atoms with Gasteiger partial charge in [0.05, 0.1) is 21.7 Å². The molecule has 3 N–H and O–H groups in total. The Morgan fingerprint density at radius 2 is 2.04 bits per heavy atom. The molecule has 2 aromatic heterocycles. The second-order valence-corrected chi connectivity index (χ2v) is 6.45. The highest BCUT2D eigenvalue weighted by molar-refractivity contribution is 7.09. The van der Waals surface area contributed by atoms with Crippen molar-refractivity contribution < 1.29 is 22.7 Å². The number of phenols is 1. The summed E-state index contributed by atoms with van der Waals surface area (Å²) in [5.74, 6) is 3.32. The fourth-order valence-corrected chi connectivity index (χ4v) is 3.23. The van der Waals surface area contributed by atoms with Crippen molar-refractivity contribution in [2.45, 2.75) is 20.0 Å². The average molecular weight is 384 g/mol. The molecule has 3 rings (SSSR count). The van der Waals surface area contributed by atoms with Crippen molar-refractivity contribution in [3.8, 4) is 17.0 Å². The predicted octanol–water partition coefficient (Wildman–Crippen LogP) is 4.07. The van der Waals surface area contributed by atoms with Gasteiger partial charge in [-0.3, -0.25) is 0 Å². The van der Waals surface area contributed by atoms with Gasteiger partial charge in [-0.25, -0.2) is 4.98 Å². The molecule has 26 heavy (non-hydrogen) atoms. The van der Waals surface area contributed by atoms with E-state index in [1.54, 1.807) is 6.92 Å². The van der Waals surface area contributed by atoms with Gasteiger partial charge in [0.15, 0.2) is 11.4 Å². The van der Waals surface area contributed by atoms with Crippen molar-refractivity contribution in [1.82, 2.24) is 4.98 Å². The summed E-state index contributed by atoms with van der Waals surface area (Å²) in [6.07, 6.45) is -4.87. The van der Waals surface area contributed by atoms with E-state index in [0.29, 0.717) is 5.01 Å². The number of hydrogen-bond acceptors (Lipinski definition) is 8. The van der Waals surface area contributed by atoms with Crippen LogP contribution in [0.3, 0.4) is 0 Å². The van der Waals surface area contributed by atoms with E-state index in [1.807, 2.05) is 0 Å². The number of fused-ring (bicyclic) bond motifs is 1. The summed E-state index contributed by atoms with van der Waals surface area (Å²) < 4.78 is 45.8. The van der Waals surface area contributed by atoms with E-state index in [-0.39, 0.29) is 27.9 Å². The number of benzene rings is 1. The van der Waals surface area contributed by atoms with Gasteiger partial charge in [-0.2, -0.15) is 18.3 Å². The van der Waals surface area contributed by atoms with Gasteiger partial charge in [-0.05, 0) is 30.7 Å². The van der Waals surface area contributed by atoms with Crippen LogP contribution in [0.15, 0.2) is 26.1 Å². The van der Waals surface area contributed by atoms with Crippen molar-refractivity contribution in [1.29, 1.82) is 0 Å². The molecule has 0 aliphatic rings. The molecule has 0 spiro atoms. The monoisotopic (exact) mass is 384 g/mol. The van der Waals surface area contributed by atoms with Crippen LogP contribution in [0.1, 0.15) is 16.3 Å². The predicted molar refractivity (Wildman–Crippen MR) is 88.7 cm³/mol. The number of aryl methyl sites for hydroxylation is 2. The van der Waals surface area contributed by atoms with Crippen LogP contribution in [0.5, 0.6) is 5.75 Å². The topological polar surface area (TPSA) is 114 Å². The van der Waals surface area contributed by atoms with Crippen LogP contribution in [0, 0.1) is 18.8 Å². The van der Waals surface area contributed by atoms with Crippen LogP contribution in [0.25, 0.3) is 22.2 Å². The molecule has 0 aliphatic carbocycles. The summed E-state index contributed by atoms with van der Waals surface area (Å²) in [6, 6.07) is 1.16. The van der Waals surface area contributed by atoms with Gasteiger partial charge in [0.2, 0.25) is 5.76 Å². The first-order chi connectivity index (χ1) is 12.2. The van der Waals surface area contributed by atoms with Crippen LogP contribution >= 0.6 is 11.3 Å². The van der Waals surface area contributed by atoms with Crippen molar-refractivity contribution in [2.75, 3.05) is 0 Å². The van der Waals surface area contributed by atoms with Gasteiger partial charge in [-0.15, -0.1) is 16.2 Å². The Balaban J connectivity index is 2.61. The van der Waals surface area contributed by atoms with E-state index in [1.165, 1.54) is 12.3 Å². The Bertz CT molecular complexity index is 1100. The van der Waals surface area contributed by atoms with Crippen molar-refractivity contribution in [2.24, 2.45) is 16.1 Å². The van der Waals surface area contributed by atoms with Gasteiger partial charge in [0, 0.05) is 5.38 Å². The number of halogens is 3. The lowest BCUT2D eigenvalue weighted by Crippen LogP contribution is -2.19. The van der Waals surface area contributed by atoms with E-state index >= 15 is 0 Å². The molecule has 0 bridgehead atoms. The zero-order valence-corrected chi connectivity index (χ0v) is 14.2. The molecule has 0 radical (unpaired) electrons. The molecule has 0 atom stereocenters. The molecule has 0 amide bonds. The van der Waals surface area contributed by atoms with Crippen LogP contribution in [-0.2, 0) is 6.18 Å². The third-order valence-corrected chi connectivity index (χ3v) is 4.47. The zero-order valence-electron chi connectivity index (χ0n) is 13.4. The number of rotatable bonds is 2. The molecule has 0 saturated carbocycles. The standard InChI is InChI=1S/C15H11F3N4O3S/c1-5-3-8-10(13(23)11(5)22-24)12(21-19)9(7-4-26-6(2)20-7)14(25-8)15(16,17)18/h3-4,23H,19H2,1-2H3/b21-12+. The number of nitrogens with zero attached hydrogens (tertiary/aromatic N) is 3. The molecule has 136 valence electrons. The number of hydrogen-bond donors (Lipinski definition) is 2. The molecule has 0 saturated heterocycles. The minimum Gasteiger partial charge on any atom is -0.505 e.